The molecule has 1 N–H and O–H groups in total. The summed E-state index contributed by atoms with van der Waals surface area (Å²) in [6.45, 7) is 0. The number of nitrogens with one attached hydrogen (secondary N) is 1. The molecule has 0 radical (unpaired) electrons. The van der Waals surface area contributed by atoms with E-state index in [1.807, 2.05) is 65.3 Å². The van der Waals surface area contributed by atoms with Crippen LogP contribution in [0.1, 0.15) is 28.8 Å². The Morgan fingerprint density at radius 3 is 2.47 bits per heavy atom. The number of benzene rings is 3. The summed E-state index contributed by atoms with van der Waals surface area (Å²) in [4.78, 5) is 4.45. The molecule has 2 atom stereocenters. The second kappa shape index (κ2) is 6.75. The minimum atomic E-state index is -0.290. The molecule has 6 heteroatoms. The van der Waals surface area contributed by atoms with E-state index in [1.165, 1.54) is 0 Å². The number of halogens is 1. The first kappa shape index (κ1) is 17.3. The van der Waals surface area contributed by atoms with Crippen molar-refractivity contribution in [3.63, 3.8) is 0 Å². The van der Waals surface area contributed by atoms with Gasteiger partial charge in [0, 0.05) is 16.2 Å². The van der Waals surface area contributed by atoms with Crippen LogP contribution in [-0.2, 0) is 0 Å². The number of hydrogen-bond donors (Lipinski definition) is 1. The molecule has 0 amide bonds. The normalized spacial score (nSPS) is 19.2. The molecule has 5 nitrogen and oxygen atoms in total. The largest absolute Gasteiger partial charge is 0.480 e. The van der Waals surface area contributed by atoms with Crippen molar-refractivity contribution in [2.75, 3.05) is 5.32 Å². The first-order valence-electron chi connectivity index (χ1n) is 9.76. The van der Waals surface area contributed by atoms with Crippen LogP contribution in [0, 0.1) is 0 Å². The van der Waals surface area contributed by atoms with Crippen LogP contribution in [-0.4, -0.2) is 14.8 Å². The number of aromatic nitrogens is 3. The summed E-state index contributed by atoms with van der Waals surface area (Å²) in [6.07, 6.45) is 1.29. The highest BCUT2D eigenvalue weighted by Gasteiger charge is 2.40. The molecule has 4 aromatic rings. The van der Waals surface area contributed by atoms with Crippen LogP contribution >= 0.6 is 11.6 Å². The molecule has 6 rings (SSSR count). The van der Waals surface area contributed by atoms with Crippen LogP contribution in [0.25, 0.3) is 5.70 Å². The Balaban J connectivity index is 1.63. The average Bonchev–Trinajstić information content (AvgIpc) is 3.26. The molecular weight excluding hydrogens is 396 g/mol. The zero-order valence-electron chi connectivity index (χ0n) is 15.9. The molecule has 0 spiro atoms. The second-order valence-electron chi connectivity index (χ2n) is 7.34. The Kier molecular flexibility index (Phi) is 3.89. The predicted octanol–water partition coefficient (Wildman–Crippen LogP) is 5.49. The zero-order valence-corrected chi connectivity index (χ0v) is 16.6. The minimum absolute atomic E-state index is 0.144. The number of anilines is 1. The van der Waals surface area contributed by atoms with E-state index < -0.39 is 0 Å². The monoisotopic (exact) mass is 412 g/mol. The molecule has 2 aliphatic rings. The van der Waals surface area contributed by atoms with Crippen LogP contribution < -0.4 is 10.1 Å². The molecule has 3 aromatic carbocycles. The first-order valence-corrected chi connectivity index (χ1v) is 10.1. The Morgan fingerprint density at radius 1 is 0.867 bits per heavy atom. The van der Waals surface area contributed by atoms with Gasteiger partial charge in [-0.15, -0.1) is 0 Å². The smallest absolute Gasteiger partial charge is 0.226 e. The molecule has 30 heavy (non-hydrogen) atoms. The lowest BCUT2D eigenvalue weighted by molar-refractivity contribution is 0.223. The van der Waals surface area contributed by atoms with Gasteiger partial charge in [-0.3, -0.25) is 0 Å². The first-order chi connectivity index (χ1) is 14.8. The van der Waals surface area contributed by atoms with Gasteiger partial charge in [0.05, 0.1) is 5.70 Å². The fraction of sp³-hybridized carbons (Fsp3) is 0.0833. The van der Waals surface area contributed by atoms with Gasteiger partial charge < -0.3 is 10.1 Å². The van der Waals surface area contributed by atoms with E-state index >= 15 is 0 Å². The van der Waals surface area contributed by atoms with Gasteiger partial charge in [-0.05, 0) is 35.4 Å². The molecule has 146 valence electrons. The highest BCUT2D eigenvalue weighted by atomic mass is 35.5. The van der Waals surface area contributed by atoms with E-state index in [-0.39, 0.29) is 12.1 Å². The van der Waals surface area contributed by atoms with E-state index in [4.69, 9.17) is 16.3 Å². The lowest BCUT2D eigenvalue weighted by Gasteiger charge is -2.39. The van der Waals surface area contributed by atoms with Gasteiger partial charge in [0.25, 0.3) is 0 Å². The number of nitrogens with zero attached hydrogens (tertiary/aromatic N) is 3. The highest BCUT2D eigenvalue weighted by molar-refractivity contribution is 6.30. The van der Waals surface area contributed by atoms with Crippen LogP contribution in [0.3, 0.4) is 0 Å². The van der Waals surface area contributed by atoms with E-state index in [0.29, 0.717) is 11.0 Å². The van der Waals surface area contributed by atoms with E-state index in [0.717, 1.165) is 33.7 Å². The molecule has 0 saturated carbocycles. The third-order valence-corrected chi connectivity index (χ3v) is 5.86. The third kappa shape index (κ3) is 2.63. The summed E-state index contributed by atoms with van der Waals surface area (Å²) in [5.41, 5.74) is 5.30. The van der Waals surface area contributed by atoms with E-state index in [1.54, 1.807) is 6.33 Å². The van der Waals surface area contributed by atoms with Gasteiger partial charge in [0.1, 0.15) is 24.2 Å². The van der Waals surface area contributed by atoms with Crippen LogP contribution in [0.2, 0.25) is 5.02 Å². The number of para-hydroxylation sites is 1. The molecular formula is C24H17ClN4O. The number of hydrogen-bond acceptors (Lipinski definition) is 4. The van der Waals surface area contributed by atoms with Crippen molar-refractivity contribution in [2.24, 2.45) is 0 Å². The van der Waals surface area contributed by atoms with Crippen molar-refractivity contribution in [3.8, 4) is 5.75 Å². The number of rotatable bonds is 2. The Morgan fingerprint density at radius 2 is 1.63 bits per heavy atom. The van der Waals surface area contributed by atoms with Gasteiger partial charge in [-0.25, -0.2) is 4.68 Å². The summed E-state index contributed by atoms with van der Waals surface area (Å²) in [7, 11) is 0. The topological polar surface area (TPSA) is 52.0 Å². The lowest BCUT2D eigenvalue weighted by atomic mass is 9.84. The summed E-state index contributed by atoms with van der Waals surface area (Å²) in [5, 5.41) is 8.74. The van der Waals surface area contributed by atoms with Crippen molar-refractivity contribution in [2.45, 2.75) is 12.1 Å². The molecule has 0 bridgehead atoms. The van der Waals surface area contributed by atoms with Gasteiger partial charge in [-0.2, -0.15) is 10.1 Å². The average molecular weight is 413 g/mol. The number of fused-ring (bicyclic) bond motifs is 3. The minimum Gasteiger partial charge on any atom is -0.480 e. The molecule has 2 aliphatic heterocycles. The summed E-state index contributed by atoms with van der Waals surface area (Å²) in [6, 6.07) is 26.1. The Bertz CT molecular complexity index is 1260. The fourth-order valence-electron chi connectivity index (χ4n) is 4.29. The lowest BCUT2D eigenvalue weighted by Crippen LogP contribution is -2.32. The van der Waals surface area contributed by atoms with Gasteiger partial charge in [-0.1, -0.05) is 66.2 Å². The van der Waals surface area contributed by atoms with Gasteiger partial charge in [0.2, 0.25) is 5.95 Å². The number of ether oxygens (including phenoxy) is 1. The maximum atomic E-state index is 6.57. The van der Waals surface area contributed by atoms with E-state index in [9.17, 15) is 0 Å². The Hall–Kier alpha value is -3.57. The molecule has 0 aliphatic carbocycles. The quantitative estimate of drug-likeness (QED) is 0.473. The van der Waals surface area contributed by atoms with Crippen LogP contribution in [0.4, 0.5) is 5.95 Å². The molecule has 3 heterocycles. The molecule has 0 fully saturated rings. The van der Waals surface area contributed by atoms with E-state index in [2.05, 4.69) is 33.6 Å². The van der Waals surface area contributed by atoms with Crippen LogP contribution in [0.5, 0.6) is 5.75 Å². The molecule has 0 unspecified atom stereocenters. The summed E-state index contributed by atoms with van der Waals surface area (Å²) < 4.78 is 8.49. The maximum absolute atomic E-state index is 6.57. The van der Waals surface area contributed by atoms with Crippen molar-refractivity contribution in [3.05, 3.63) is 112 Å². The standard InChI is InChI=1S/C24H17ClN4O/c25-17-12-10-16(11-13-17)23-20-21(18-8-4-5-9-19(18)30-23)28-24-26-14-27-29(24)22(20)15-6-2-1-3-7-15/h1-14,22-23H,(H,26,27,28)/t22-,23-/m0/s1. The maximum Gasteiger partial charge on any atom is 0.226 e. The highest BCUT2D eigenvalue weighted by Crippen LogP contribution is 2.50. The molecule has 1 aromatic heterocycles. The van der Waals surface area contributed by atoms with Gasteiger partial charge in [0.15, 0.2) is 0 Å². The molecule has 0 saturated heterocycles. The van der Waals surface area contributed by atoms with Crippen molar-refractivity contribution in [1.82, 2.24) is 14.8 Å². The Labute approximate surface area is 178 Å². The summed E-state index contributed by atoms with van der Waals surface area (Å²) in [5.74, 6) is 1.55. The fourth-order valence-corrected chi connectivity index (χ4v) is 4.41. The zero-order chi connectivity index (χ0) is 20.1. The SMILES string of the molecule is Clc1ccc([C@@H]2Oc3ccccc3C3=C2[C@H](c2ccccc2)n2ncnc2N3)cc1. The predicted molar refractivity (Wildman–Crippen MR) is 116 cm³/mol. The summed E-state index contributed by atoms with van der Waals surface area (Å²) >= 11 is 6.16. The second-order valence-corrected chi connectivity index (χ2v) is 7.78. The van der Waals surface area contributed by atoms with Crippen molar-refractivity contribution >= 4 is 23.2 Å². The van der Waals surface area contributed by atoms with Crippen molar-refractivity contribution in [1.29, 1.82) is 0 Å². The third-order valence-electron chi connectivity index (χ3n) is 5.61. The van der Waals surface area contributed by atoms with Crippen LogP contribution in [0.15, 0.2) is 90.8 Å². The van der Waals surface area contributed by atoms with Gasteiger partial charge >= 0.3 is 0 Å². The van der Waals surface area contributed by atoms with Crippen molar-refractivity contribution < 1.29 is 4.74 Å².